The Morgan fingerprint density at radius 1 is 1.25 bits per heavy atom. The number of anilines is 2. The van der Waals surface area contributed by atoms with Crippen molar-refractivity contribution in [2.75, 3.05) is 23.3 Å². The highest BCUT2D eigenvalue weighted by Gasteiger charge is 2.18. The first-order valence-corrected chi connectivity index (χ1v) is 8.55. The summed E-state index contributed by atoms with van der Waals surface area (Å²) in [5.41, 5.74) is 1.93. The van der Waals surface area contributed by atoms with Crippen LogP contribution in [0.1, 0.15) is 35.8 Å². The van der Waals surface area contributed by atoms with Crippen molar-refractivity contribution in [3.8, 4) is 0 Å². The largest absolute Gasteiger partial charge is 0.355 e. The number of benzene rings is 1. The smallest absolute Gasteiger partial charge is 0.275 e. The minimum atomic E-state index is -0.272. The SMILES string of the molecule is Cc1cc(Cl)ccc1NC(=O)c1cnc(N2CCC(C)CC2)cn1. The standard InChI is InChI=1S/C18H21ClN4O/c1-12-5-7-23(8-6-12)17-11-20-16(10-21-17)18(24)22-15-4-3-14(19)9-13(15)2/h3-4,9-12H,5-8H2,1-2H3,(H,22,24). The number of carbonyl (C=O) groups is 1. The highest BCUT2D eigenvalue weighted by Crippen LogP contribution is 2.22. The highest BCUT2D eigenvalue weighted by molar-refractivity contribution is 6.30. The predicted octanol–water partition coefficient (Wildman–Crippen LogP) is 3.93. The summed E-state index contributed by atoms with van der Waals surface area (Å²) < 4.78 is 0. The topological polar surface area (TPSA) is 58.1 Å². The summed E-state index contributed by atoms with van der Waals surface area (Å²) in [6.45, 7) is 6.15. The third kappa shape index (κ3) is 3.85. The number of carbonyl (C=O) groups excluding carboxylic acids is 1. The Hall–Kier alpha value is -2.14. The molecule has 0 aliphatic carbocycles. The van der Waals surface area contributed by atoms with E-state index in [1.54, 1.807) is 18.3 Å². The molecule has 0 radical (unpaired) electrons. The van der Waals surface area contributed by atoms with E-state index in [1.807, 2.05) is 13.0 Å². The zero-order chi connectivity index (χ0) is 17.1. The molecule has 126 valence electrons. The van der Waals surface area contributed by atoms with E-state index < -0.39 is 0 Å². The van der Waals surface area contributed by atoms with Gasteiger partial charge in [0, 0.05) is 23.8 Å². The van der Waals surface area contributed by atoms with Gasteiger partial charge in [0.25, 0.3) is 5.91 Å². The molecule has 0 saturated carbocycles. The maximum absolute atomic E-state index is 12.3. The molecule has 1 saturated heterocycles. The van der Waals surface area contributed by atoms with Gasteiger partial charge in [0.15, 0.2) is 0 Å². The van der Waals surface area contributed by atoms with E-state index in [9.17, 15) is 4.79 Å². The molecule has 2 heterocycles. The van der Waals surface area contributed by atoms with Crippen molar-refractivity contribution in [2.45, 2.75) is 26.7 Å². The minimum Gasteiger partial charge on any atom is -0.355 e. The minimum absolute atomic E-state index is 0.272. The van der Waals surface area contributed by atoms with E-state index in [-0.39, 0.29) is 5.91 Å². The molecule has 0 bridgehead atoms. The molecule has 3 rings (SSSR count). The number of nitrogens with zero attached hydrogens (tertiary/aromatic N) is 3. The van der Waals surface area contributed by atoms with Gasteiger partial charge in [-0.3, -0.25) is 4.79 Å². The van der Waals surface area contributed by atoms with Crippen molar-refractivity contribution in [1.82, 2.24) is 9.97 Å². The quantitative estimate of drug-likeness (QED) is 0.916. The molecule has 1 amide bonds. The lowest BCUT2D eigenvalue weighted by atomic mass is 9.99. The fourth-order valence-electron chi connectivity index (χ4n) is 2.79. The number of hydrogen-bond donors (Lipinski definition) is 1. The third-order valence-electron chi connectivity index (χ3n) is 4.42. The van der Waals surface area contributed by atoms with Gasteiger partial charge >= 0.3 is 0 Å². The Morgan fingerprint density at radius 2 is 2.00 bits per heavy atom. The van der Waals surface area contributed by atoms with Crippen molar-refractivity contribution < 1.29 is 4.79 Å². The summed E-state index contributed by atoms with van der Waals surface area (Å²) in [5, 5.41) is 3.49. The zero-order valence-corrected chi connectivity index (χ0v) is 14.7. The molecule has 24 heavy (non-hydrogen) atoms. The number of nitrogens with one attached hydrogen (secondary N) is 1. The monoisotopic (exact) mass is 344 g/mol. The van der Waals surface area contributed by atoms with Crippen LogP contribution in [0, 0.1) is 12.8 Å². The molecule has 0 atom stereocenters. The summed E-state index contributed by atoms with van der Waals surface area (Å²) in [6.07, 6.45) is 5.55. The number of aromatic nitrogens is 2. The number of hydrogen-bond acceptors (Lipinski definition) is 4. The van der Waals surface area contributed by atoms with Crippen LogP contribution in [0.5, 0.6) is 0 Å². The van der Waals surface area contributed by atoms with Gasteiger partial charge in [-0.15, -0.1) is 0 Å². The second-order valence-electron chi connectivity index (χ2n) is 6.34. The molecule has 5 nitrogen and oxygen atoms in total. The third-order valence-corrected chi connectivity index (χ3v) is 4.65. The lowest BCUT2D eigenvalue weighted by molar-refractivity contribution is 0.102. The van der Waals surface area contributed by atoms with Gasteiger partial charge in [-0.1, -0.05) is 18.5 Å². The van der Waals surface area contributed by atoms with Gasteiger partial charge in [0.2, 0.25) is 0 Å². The van der Waals surface area contributed by atoms with E-state index in [2.05, 4.69) is 27.1 Å². The van der Waals surface area contributed by atoms with Gasteiger partial charge < -0.3 is 10.2 Å². The van der Waals surface area contributed by atoms with Gasteiger partial charge in [-0.25, -0.2) is 9.97 Å². The van der Waals surface area contributed by atoms with Crippen LogP contribution >= 0.6 is 11.6 Å². The summed E-state index contributed by atoms with van der Waals surface area (Å²) in [5.74, 6) is 1.33. The second kappa shape index (κ2) is 7.18. The first-order valence-electron chi connectivity index (χ1n) is 8.17. The van der Waals surface area contributed by atoms with E-state index in [1.165, 1.54) is 19.0 Å². The van der Waals surface area contributed by atoms with Crippen LogP contribution in [0.15, 0.2) is 30.6 Å². The molecule has 1 aliphatic heterocycles. The maximum atomic E-state index is 12.3. The summed E-state index contributed by atoms with van der Waals surface area (Å²) in [6, 6.07) is 5.34. The van der Waals surface area contributed by atoms with Crippen molar-refractivity contribution in [2.24, 2.45) is 5.92 Å². The average Bonchev–Trinajstić information content (AvgIpc) is 2.58. The molecule has 6 heteroatoms. The molecular formula is C18H21ClN4O. The highest BCUT2D eigenvalue weighted by atomic mass is 35.5. The van der Waals surface area contributed by atoms with Crippen LogP contribution < -0.4 is 10.2 Å². The van der Waals surface area contributed by atoms with Gasteiger partial charge in [-0.2, -0.15) is 0 Å². The van der Waals surface area contributed by atoms with Crippen LogP contribution in [-0.2, 0) is 0 Å². The Morgan fingerprint density at radius 3 is 2.62 bits per heavy atom. The fraction of sp³-hybridized carbons (Fsp3) is 0.389. The molecule has 0 unspecified atom stereocenters. The lowest BCUT2D eigenvalue weighted by Gasteiger charge is -2.30. The molecule has 1 aromatic carbocycles. The maximum Gasteiger partial charge on any atom is 0.275 e. The van der Waals surface area contributed by atoms with E-state index in [4.69, 9.17) is 11.6 Å². The first-order chi connectivity index (χ1) is 11.5. The van der Waals surface area contributed by atoms with Crippen LogP contribution in [0.3, 0.4) is 0 Å². The molecule has 2 aromatic rings. The second-order valence-corrected chi connectivity index (χ2v) is 6.78. The molecule has 1 aromatic heterocycles. The fourth-order valence-corrected chi connectivity index (χ4v) is 3.02. The summed E-state index contributed by atoms with van der Waals surface area (Å²) in [7, 11) is 0. The van der Waals surface area contributed by atoms with E-state index >= 15 is 0 Å². The number of rotatable bonds is 3. The van der Waals surface area contributed by atoms with Crippen LogP contribution in [0.25, 0.3) is 0 Å². The molecule has 0 spiro atoms. The van der Waals surface area contributed by atoms with E-state index in [0.717, 1.165) is 36.1 Å². The average molecular weight is 345 g/mol. The zero-order valence-electron chi connectivity index (χ0n) is 13.9. The Labute approximate surface area is 147 Å². The number of halogens is 1. The van der Waals surface area contributed by atoms with Crippen molar-refractivity contribution >= 4 is 29.0 Å². The number of piperidine rings is 1. The normalized spacial score (nSPS) is 15.4. The van der Waals surface area contributed by atoms with Crippen molar-refractivity contribution in [3.63, 3.8) is 0 Å². The summed E-state index contributed by atoms with van der Waals surface area (Å²) >= 11 is 5.93. The van der Waals surface area contributed by atoms with E-state index in [0.29, 0.717) is 10.7 Å². The van der Waals surface area contributed by atoms with Crippen LogP contribution in [0.4, 0.5) is 11.5 Å². The van der Waals surface area contributed by atoms with Crippen LogP contribution in [0.2, 0.25) is 5.02 Å². The molecule has 1 fully saturated rings. The van der Waals surface area contributed by atoms with Crippen molar-refractivity contribution in [1.29, 1.82) is 0 Å². The van der Waals surface area contributed by atoms with Gasteiger partial charge in [0.05, 0.1) is 12.4 Å². The Bertz CT molecular complexity index is 724. The summed E-state index contributed by atoms with van der Waals surface area (Å²) in [4.78, 5) is 23.2. The molecular weight excluding hydrogens is 324 g/mol. The lowest BCUT2D eigenvalue weighted by Crippen LogP contribution is -2.33. The number of amides is 1. The van der Waals surface area contributed by atoms with Crippen molar-refractivity contribution in [3.05, 3.63) is 46.9 Å². The van der Waals surface area contributed by atoms with Gasteiger partial charge in [0.1, 0.15) is 11.5 Å². The van der Waals surface area contributed by atoms with Gasteiger partial charge in [-0.05, 0) is 49.4 Å². The Balaban J connectivity index is 1.67. The predicted molar refractivity (Wildman–Crippen MR) is 96.8 cm³/mol. The number of aryl methyl sites for hydroxylation is 1. The molecule has 1 N–H and O–H groups in total. The van der Waals surface area contributed by atoms with Crippen LogP contribution in [-0.4, -0.2) is 29.0 Å². The molecule has 1 aliphatic rings. The first kappa shape index (κ1) is 16.7. The Kier molecular flexibility index (Phi) is 5.00.